The number of carbonyl (C=O) groups is 1. The average molecular weight is 347 g/mol. The van der Waals surface area contributed by atoms with Crippen molar-refractivity contribution in [1.82, 2.24) is 19.6 Å². The number of para-hydroxylation sites is 1. The molecular formula is C13H9N5OS3. The highest BCUT2D eigenvalue weighted by atomic mass is 32.2. The van der Waals surface area contributed by atoms with E-state index < -0.39 is 0 Å². The standard InChI is InChI=1S/C13H9N5OS3/c19-10(15-11-14-5-6-20-11)7-21-12-16-17-13-18(12)8-3-1-2-4-9(8)22-13/h1-6H,7H2,(H,14,15,19). The van der Waals surface area contributed by atoms with Gasteiger partial charge in [-0.15, -0.1) is 21.5 Å². The van der Waals surface area contributed by atoms with Gasteiger partial charge in [0.2, 0.25) is 10.9 Å². The number of amides is 1. The summed E-state index contributed by atoms with van der Waals surface area (Å²) in [5.41, 5.74) is 1.07. The van der Waals surface area contributed by atoms with E-state index in [9.17, 15) is 4.79 Å². The molecule has 0 bridgehead atoms. The van der Waals surface area contributed by atoms with Gasteiger partial charge in [0.25, 0.3) is 0 Å². The number of thiazole rings is 2. The zero-order chi connectivity index (χ0) is 14.9. The molecule has 6 nitrogen and oxygen atoms in total. The van der Waals surface area contributed by atoms with Crippen molar-refractivity contribution in [1.29, 1.82) is 0 Å². The molecule has 110 valence electrons. The number of hydrogen-bond acceptors (Lipinski definition) is 7. The molecule has 0 aliphatic rings. The number of aromatic nitrogens is 4. The minimum atomic E-state index is -0.101. The predicted octanol–water partition coefficient (Wildman–Crippen LogP) is 3.13. The Hall–Kier alpha value is -1.97. The van der Waals surface area contributed by atoms with Crippen molar-refractivity contribution in [3.8, 4) is 0 Å². The van der Waals surface area contributed by atoms with Gasteiger partial charge < -0.3 is 5.32 Å². The maximum Gasteiger partial charge on any atom is 0.236 e. The quantitative estimate of drug-likeness (QED) is 0.574. The molecule has 0 aliphatic heterocycles. The number of nitrogens with zero attached hydrogens (tertiary/aromatic N) is 4. The van der Waals surface area contributed by atoms with E-state index >= 15 is 0 Å². The Kier molecular flexibility index (Phi) is 3.53. The van der Waals surface area contributed by atoms with Crippen molar-refractivity contribution >= 4 is 60.7 Å². The maximum absolute atomic E-state index is 11.9. The first-order chi connectivity index (χ1) is 10.8. The summed E-state index contributed by atoms with van der Waals surface area (Å²) in [6, 6.07) is 8.07. The number of nitrogens with one attached hydrogen (secondary N) is 1. The zero-order valence-electron chi connectivity index (χ0n) is 11.1. The van der Waals surface area contributed by atoms with Gasteiger partial charge in [-0.3, -0.25) is 9.20 Å². The number of fused-ring (bicyclic) bond motifs is 3. The topological polar surface area (TPSA) is 72.2 Å². The van der Waals surface area contributed by atoms with Gasteiger partial charge in [0, 0.05) is 11.6 Å². The van der Waals surface area contributed by atoms with Crippen LogP contribution in [0.1, 0.15) is 0 Å². The van der Waals surface area contributed by atoms with Crippen LogP contribution in [0.4, 0.5) is 5.13 Å². The smallest absolute Gasteiger partial charge is 0.236 e. The van der Waals surface area contributed by atoms with Crippen LogP contribution in [0.25, 0.3) is 15.2 Å². The molecule has 4 rings (SSSR count). The minimum Gasteiger partial charge on any atom is -0.301 e. The summed E-state index contributed by atoms with van der Waals surface area (Å²) in [6.07, 6.45) is 1.66. The molecule has 0 radical (unpaired) electrons. The lowest BCUT2D eigenvalue weighted by atomic mass is 10.3. The van der Waals surface area contributed by atoms with Gasteiger partial charge in [-0.05, 0) is 12.1 Å². The van der Waals surface area contributed by atoms with Crippen LogP contribution >= 0.6 is 34.4 Å². The van der Waals surface area contributed by atoms with Crippen molar-refractivity contribution in [3.05, 3.63) is 35.8 Å². The van der Waals surface area contributed by atoms with Crippen LogP contribution in [0.2, 0.25) is 0 Å². The molecule has 1 aromatic carbocycles. The van der Waals surface area contributed by atoms with E-state index in [0.717, 1.165) is 20.3 Å². The Bertz CT molecular complexity index is 943. The summed E-state index contributed by atoms with van der Waals surface area (Å²) in [5, 5.41) is 14.3. The van der Waals surface area contributed by atoms with Crippen molar-refractivity contribution in [3.63, 3.8) is 0 Å². The molecule has 9 heteroatoms. The largest absolute Gasteiger partial charge is 0.301 e. The first-order valence-corrected chi connectivity index (χ1v) is 9.04. The van der Waals surface area contributed by atoms with Crippen LogP contribution in [0.3, 0.4) is 0 Å². The molecule has 0 spiro atoms. The maximum atomic E-state index is 11.9. The van der Waals surface area contributed by atoms with Crippen LogP contribution < -0.4 is 5.32 Å². The fraction of sp³-hybridized carbons (Fsp3) is 0.0769. The fourth-order valence-corrected chi connectivity index (χ4v) is 4.33. The average Bonchev–Trinajstić information content (AvgIpc) is 3.21. The minimum absolute atomic E-state index is 0.101. The highest BCUT2D eigenvalue weighted by Gasteiger charge is 2.14. The van der Waals surface area contributed by atoms with E-state index in [1.165, 1.54) is 23.1 Å². The molecule has 22 heavy (non-hydrogen) atoms. The summed E-state index contributed by atoms with van der Waals surface area (Å²) >= 11 is 4.35. The third-order valence-electron chi connectivity index (χ3n) is 2.92. The summed E-state index contributed by atoms with van der Waals surface area (Å²) in [7, 11) is 0. The second kappa shape index (κ2) is 5.67. The first-order valence-electron chi connectivity index (χ1n) is 6.36. The van der Waals surface area contributed by atoms with Crippen molar-refractivity contribution in [2.45, 2.75) is 5.16 Å². The van der Waals surface area contributed by atoms with Crippen molar-refractivity contribution < 1.29 is 4.79 Å². The highest BCUT2D eigenvalue weighted by molar-refractivity contribution is 7.99. The normalized spacial score (nSPS) is 11.3. The Morgan fingerprint density at radius 3 is 3.09 bits per heavy atom. The Balaban J connectivity index is 1.55. The molecular weight excluding hydrogens is 338 g/mol. The Labute approximate surface area is 137 Å². The molecule has 0 atom stereocenters. The van der Waals surface area contributed by atoms with Crippen molar-refractivity contribution in [2.24, 2.45) is 0 Å². The monoisotopic (exact) mass is 347 g/mol. The van der Waals surface area contributed by atoms with E-state index in [4.69, 9.17) is 0 Å². The molecule has 3 aromatic heterocycles. The van der Waals surface area contributed by atoms with Gasteiger partial charge in [-0.2, -0.15) is 0 Å². The van der Waals surface area contributed by atoms with Gasteiger partial charge in [0.15, 0.2) is 10.3 Å². The van der Waals surface area contributed by atoms with Crippen LogP contribution in [0.5, 0.6) is 0 Å². The van der Waals surface area contributed by atoms with E-state index in [-0.39, 0.29) is 11.7 Å². The third-order valence-corrected chi connectivity index (χ3v) is 5.55. The lowest BCUT2D eigenvalue weighted by Crippen LogP contribution is -2.14. The summed E-state index contributed by atoms with van der Waals surface area (Å²) in [6.45, 7) is 0. The van der Waals surface area contributed by atoms with Crippen molar-refractivity contribution in [2.75, 3.05) is 11.1 Å². The zero-order valence-corrected chi connectivity index (χ0v) is 13.5. The van der Waals surface area contributed by atoms with E-state index in [0.29, 0.717) is 5.13 Å². The molecule has 0 fully saturated rings. The lowest BCUT2D eigenvalue weighted by molar-refractivity contribution is -0.113. The van der Waals surface area contributed by atoms with E-state index in [2.05, 4.69) is 26.6 Å². The second-order valence-corrected chi connectivity index (χ2v) is 7.19. The first kappa shape index (κ1) is 13.7. The summed E-state index contributed by atoms with van der Waals surface area (Å²) in [4.78, 5) is 16.8. The van der Waals surface area contributed by atoms with Crippen LogP contribution in [-0.2, 0) is 4.79 Å². The van der Waals surface area contributed by atoms with Gasteiger partial charge in [-0.25, -0.2) is 4.98 Å². The third kappa shape index (κ3) is 2.47. The van der Waals surface area contributed by atoms with Gasteiger partial charge in [-0.1, -0.05) is 35.2 Å². The summed E-state index contributed by atoms with van der Waals surface area (Å²) in [5.74, 6) is 0.168. The predicted molar refractivity (Wildman–Crippen MR) is 89.8 cm³/mol. The molecule has 3 heterocycles. The molecule has 0 aliphatic carbocycles. The lowest BCUT2D eigenvalue weighted by Gasteiger charge is -2.00. The molecule has 0 unspecified atom stereocenters. The Morgan fingerprint density at radius 2 is 2.23 bits per heavy atom. The molecule has 1 amide bonds. The molecule has 1 N–H and O–H groups in total. The van der Waals surface area contributed by atoms with E-state index in [1.807, 2.05) is 28.0 Å². The Morgan fingerprint density at radius 1 is 1.32 bits per heavy atom. The second-order valence-electron chi connectivity index (χ2n) is 4.34. The SMILES string of the molecule is O=C(CSc1nnc2sc3ccccc3n12)Nc1nccs1. The van der Waals surface area contributed by atoms with Crippen LogP contribution in [-0.4, -0.2) is 31.2 Å². The summed E-state index contributed by atoms with van der Waals surface area (Å²) < 4.78 is 3.14. The van der Waals surface area contributed by atoms with Gasteiger partial charge in [0.1, 0.15) is 0 Å². The highest BCUT2D eigenvalue weighted by Crippen LogP contribution is 2.29. The van der Waals surface area contributed by atoms with Crippen LogP contribution in [0.15, 0.2) is 41.0 Å². The fourth-order valence-electron chi connectivity index (χ4n) is 2.02. The van der Waals surface area contributed by atoms with E-state index in [1.54, 1.807) is 17.5 Å². The van der Waals surface area contributed by atoms with Crippen LogP contribution in [0, 0.1) is 0 Å². The molecule has 4 aromatic rings. The number of thioether (sulfide) groups is 1. The molecule has 0 saturated heterocycles. The number of hydrogen-bond donors (Lipinski definition) is 1. The molecule has 0 saturated carbocycles. The van der Waals surface area contributed by atoms with Gasteiger partial charge >= 0.3 is 0 Å². The number of carbonyl (C=O) groups excluding carboxylic acids is 1. The number of rotatable bonds is 4. The number of benzene rings is 1. The van der Waals surface area contributed by atoms with Gasteiger partial charge in [0.05, 0.1) is 16.0 Å². The number of anilines is 1.